The summed E-state index contributed by atoms with van der Waals surface area (Å²) in [5.74, 6) is 0.774. The van der Waals surface area contributed by atoms with E-state index in [0.29, 0.717) is 0 Å². The van der Waals surface area contributed by atoms with Gasteiger partial charge < -0.3 is 15.1 Å². The lowest BCUT2D eigenvalue weighted by molar-refractivity contribution is 0.263. The van der Waals surface area contributed by atoms with Gasteiger partial charge >= 0.3 is 0 Å². The summed E-state index contributed by atoms with van der Waals surface area (Å²) in [5, 5.41) is 11.8. The van der Waals surface area contributed by atoms with Crippen LogP contribution in [0.2, 0.25) is 0 Å². The summed E-state index contributed by atoms with van der Waals surface area (Å²) >= 11 is 0. The van der Waals surface area contributed by atoms with Crippen molar-refractivity contribution in [1.82, 2.24) is 15.1 Å². The van der Waals surface area contributed by atoms with Crippen LogP contribution in [0.5, 0.6) is 0 Å². The molecule has 1 saturated heterocycles. The second-order valence-electron chi connectivity index (χ2n) is 4.61. The third kappa shape index (κ3) is 4.17. The van der Waals surface area contributed by atoms with Gasteiger partial charge in [0.25, 0.3) is 0 Å². The molecule has 0 saturated carbocycles. The molecular formula is C11H22N4. The van der Waals surface area contributed by atoms with Crippen molar-refractivity contribution in [2.45, 2.75) is 12.5 Å². The summed E-state index contributed by atoms with van der Waals surface area (Å²) in [6.07, 6.45) is 1.29. The van der Waals surface area contributed by atoms with Gasteiger partial charge in [0, 0.05) is 19.6 Å². The first-order chi connectivity index (χ1) is 7.15. The Kier molecular flexibility index (Phi) is 5.03. The highest BCUT2D eigenvalue weighted by Crippen LogP contribution is 2.14. The SMILES string of the molecule is CNC(C#N)CN(C)CC1CCN(C)C1. The maximum atomic E-state index is 8.83. The van der Waals surface area contributed by atoms with Crippen molar-refractivity contribution in [3.05, 3.63) is 0 Å². The Morgan fingerprint density at radius 2 is 2.40 bits per heavy atom. The molecule has 0 aromatic carbocycles. The van der Waals surface area contributed by atoms with Gasteiger partial charge in [-0.1, -0.05) is 0 Å². The van der Waals surface area contributed by atoms with Crippen LogP contribution in [-0.4, -0.2) is 63.2 Å². The van der Waals surface area contributed by atoms with Crippen LogP contribution < -0.4 is 5.32 Å². The fourth-order valence-corrected chi connectivity index (χ4v) is 2.20. The van der Waals surface area contributed by atoms with E-state index in [4.69, 9.17) is 5.26 Å². The number of likely N-dealkylation sites (tertiary alicyclic amines) is 1. The molecule has 0 spiro atoms. The number of nitrogens with one attached hydrogen (secondary N) is 1. The van der Waals surface area contributed by atoms with Gasteiger partial charge in [0.1, 0.15) is 6.04 Å². The van der Waals surface area contributed by atoms with Crippen LogP contribution in [0, 0.1) is 17.2 Å². The number of hydrogen-bond donors (Lipinski definition) is 1. The van der Waals surface area contributed by atoms with E-state index in [0.717, 1.165) is 19.0 Å². The van der Waals surface area contributed by atoms with Crippen molar-refractivity contribution in [3.63, 3.8) is 0 Å². The monoisotopic (exact) mass is 210 g/mol. The number of likely N-dealkylation sites (N-methyl/N-ethyl adjacent to an activating group) is 2. The van der Waals surface area contributed by atoms with Crippen molar-refractivity contribution in [1.29, 1.82) is 5.26 Å². The minimum atomic E-state index is -0.0471. The average molecular weight is 210 g/mol. The average Bonchev–Trinajstić information content (AvgIpc) is 2.60. The maximum Gasteiger partial charge on any atom is 0.108 e. The van der Waals surface area contributed by atoms with Crippen molar-refractivity contribution in [3.8, 4) is 6.07 Å². The van der Waals surface area contributed by atoms with Gasteiger partial charge in [0.15, 0.2) is 0 Å². The van der Waals surface area contributed by atoms with Crippen LogP contribution in [-0.2, 0) is 0 Å². The van der Waals surface area contributed by atoms with Gasteiger partial charge in [0.05, 0.1) is 6.07 Å². The lowest BCUT2D eigenvalue weighted by Gasteiger charge is -2.22. The lowest BCUT2D eigenvalue weighted by atomic mass is 10.1. The molecule has 4 nitrogen and oxygen atoms in total. The van der Waals surface area contributed by atoms with E-state index in [1.807, 2.05) is 7.05 Å². The second-order valence-corrected chi connectivity index (χ2v) is 4.61. The second kappa shape index (κ2) is 6.06. The van der Waals surface area contributed by atoms with E-state index in [1.54, 1.807) is 0 Å². The minimum absolute atomic E-state index is 0.0471. The Hall–Kier alpha value is -0.630. The Bertz CT molecular complexity index is 223. The van der Waals surface area contributed by atoms with Gasteiger partial charge in [0.2, 0.25) is 0 Å². The summed E-state index contributed by atoms with van der Waals surface area (Å²) in [6, 6.07) is 2.21. The fourth-order valence-electron chi connectivity index (χ4n) is 2.20. The Labute approximate surface area is 92.8 Å². The smallest absolute Gasteiger partial charge is 0.108 e. The predicted molar refractivity (Wildman–Crippen MR) is 61.6 cm³/mol. The molecule has 1 rings (SSSR count). The zero-order valence-corrected chi connectivity index (χ0v) is 10.0. The molecule has 1 heterocycles. The molecule has 0 bridgehead atoms. The van der Waals surface area contributed by atoms with E-state index in [2.05, 4.69) is 35.3 Å². The number of nitriles is 1. The highest BCUT2D eigenvalue weighted by atomic mass is 15.2. The summed E-state index contributed by atoms with van der Waals surface area (Å²) in [5.41, 5.74) is 0. The van der Waals surface area contributed by atoms with Gasteiger partial charge in [-0.2, -0.15) is 5.26 Å². The molecule has 0 amide bonds. The van der Waals surface area contributed by atoms with Crippen LogP contribution in [0.15, 0.2) is 0 Å². The standard InChI is InChI=1S/C11H22N4/c1-13-11(6-12)9-15(3)8-10-4-5-14(2)7-10/h10-11,13H,4-5,7-9H2,1-3H3. The predicted octanol–water partition coefficient (Wildman–Crippen LogP) is -0.0185. The van der Waals surface area contributed by atoms with Crippen LogP contribution >= 0.6 is 0 Å². The van der Waals surface area contributed by atoms with E-state index >= 15 is 0 Å². The van der Waals surface area contributed by atoms with Crippen molar-refractivity contribution in [2.24, 2.45) is 5.92 Å². The Balaban J connectivity index is 2.24. The van der Waals surface area contributed by atoms with Crippen LogP contribution in [0.25, 0.3) is 0 Å². The molecule has 4 heteroatoms. The molecular weight excluding hydrogens is 188 g/mol. The molecule has 15 heavy (non-hydrogen) atoms. The number of nitrogens with zero attached hydrogens (tertiary/aromatic N) is 3. The quantitative estimate of drug-likeness (QED) is 0.692. The molecule has 1 aliphatic rings. The molecule has 0 aromatic heterocycles. The van der Waals surface area contributed by atoms with Gasteiger partial charge in [-0.15, -0.1) is 0 Å². The van der Waals surface area contributed by atoms with Crippen molar-refractivity contribution in [2.75, 3.05) is 47.3 Å². The topological polar surface area (TPSA) is 42.3 Å². The summed E-state index contributed by atoms with van der Waals surface area (Å²) in [4.78, 5) is 4.63. The van der Waals surface area contributed by atoms with Crippen LogP contribution in [0.1, 0.15) is 6.42 Å². The van der Waals surface area contributed by atoms with E-state index < -0.39 is 0 Å². The maximum absolute atomic E-state index is 8.83. The normalized spacial score (nSPS) is 24.3. The first-order valence-electron chi connectivity index (χ1n) is 5.59. The zero-order valence-electron chi connectivity index (χ0n) is 10.0. The van der Waals surface area contributed by atoms with Crippen LogP contribution in [0.4, 0.5) is 0 Å². The first-order valence-corrected chi connectivity index (χ1v) is 5.59. The van der Waals surface area contributed by atoms with E-state index in [1.165, 1.54) is 19.5 Å². The molecule has 1 fully saturated rings. The Morgan fingerprint density at radius 3 is 2.87 bits per heavy atom. The molecule has 86 valence electrons. The van der Waals surface area contributed by atoms with Crippen molar-refractivity contribution >= 4 is 0 Å². The van der Waals surface area contributed by atoms with Gasteiger partial charge in [-0.25, -0.2) is 0 Å². The van der Waals surface area contributed by atoms with Crippen LogP contribution in [0.3, 0.4) is 0 Å². The zero-order chi connectivity index (χ0) is 11.3. The third-order valence-electron chi connectivity index (χ3n) is 3.06. The molecule has 1 N–H and O–H groups in total. The van der Waals surface area contributed by atoms with E-state index in [9.17, 15) is 0 Å². The highest BCUT2D eigenvalue weighted by Gasteiger charge is 2.21. The molecule has 2 unspecified atom stereocenters. The Morgan fingerprint density at radius 1 is 1.67 bits per heavy atom. The van der Waals surface area contributed by atoms with Gasteiger partial charge in [-0.05, 0) is 40.0 Å². The lowest BCUT2D eigenvalue weighted by Crippen LogP contribution is -2.39. The van der Waals surface area contributed by atoms with Gasteiger partial charge in [-0.3, -0.25) is 0 Å². The number of rotatable bonds is 5. The minimum Gasteiger partial charge on any atom is -0.306 e. The van der Waals surface area contributed by atoms with E-state index in [-0.39, 0.29) is 6.04 Å². The molecule has 0 aliphatic carbocycles. The largest absolute Gasteiger partial charge is 0.306 e. The molecule has 2 atom stereocenters. The summed E-state index contributed by atoms with van der Waals surface area (Å²) in [6.45, 7) is 4.32. The molecule has 0 radical (unpaired) electrons. The third-order valence-corrected chi connectivity index (χ3v) is 3.06. The number of hydrogen-bond acceptors (Lipinski definition) is 4. The highest BCUT2D eigenvalue weighted by molar-refractivity contribution is 4.91. The molecule has 0 aromatic rings. The summed E-state index contributed by atoms with van der Waals surface area (Å²) < 4.78 is 0. The fraction of sp³-hybridized carbons (Fsp3) is 0.909. The molecule has 1 aliphatic heterocycles. The summed E-state index contributed by atoms with van der Waals surface area (Å²) in [7, 11) is 6.11. The first kappa shape index (κ1) is 12.4. The van der Waals surface area contributed by atoms with Crippen molar-refractivity contribution < 1.29 is 0 Å².